The molecule has 0 amide bonds. The van der Waals surface area contributed by atoms with E-state index in [9.17, 15) is 4.79 Å². The van der Waals surface area contributed by atoms with Crippen molar-refractivity contribution < 1.29 is 9.63 Å². The van der Waals surface area contributed by atoms with Gasteiger partial charge in [0.15, 0.2) is 0 Å². The molecule has 0 spiro atoms. The van der Waals surface area contributed by atoms with Crippen molar-refractivity contribution in [1.29, 1.82) is 0 Å². The Morgan fingerprint density at radius 3 is 1.77 bits per heavy atom. The standard InChI is InChI=1S/C19H37NO2/c1-5-6-7-8-9-10-11-12-13-14-15-16-17-18(2)19(21)22-20(3)4/h17H,5-16H2,1-4H3. The van der Waals surface area contributed by atoms with Gasteiger partial charge in [-0.3, -0.25) is 0 Å². The second-order valence-electron chi connectivity index (χ2n) is 6.40. The molecule has 0 radical (unpaired) electrons. The van der Waals surface area contributed by atoms with Gasteiger partial charge in [-0.05, 0) is 19.8 Å². The first-order chi connectivity index (χ1) is 10.6. The zero-order valence-corrected chi connectivity index (χ0v) is 15.3. The summed E-state index contributed by atoms with van der Waals surface area (Å²) in [5, 5.41) is 1.43. The van der Waals surface area contributed by atoms with Gasteiger partial charge >= 0.3 is 5.97 Å². The lowest BCUT2D eigenvalue weighted by molar-refractivity contribution is -0.172. The zero-order valence-electron chi connectivity index (χ0n) is 15.3. The third kappa shape index (κ3) is 14.1. The van der Waals surface area contributed by atoms with E-state index in [1.54, 1.807) is 14.1 Å². The molecule has 0 bridgehead atoms. The first kappa shape index (κ1) is 21.2. The van der Waals surface area contributed by atoms with Crippen LogP contribution in [0.1, 0.15) is 90.9 Å². The van der Waals surface area contributed by atoms with Crippen molar-refractivity contribution in [3.8, 4) is 0 Å². The molecule has 0 saturated heterocycles. The number of rotatable bonds is 14. The van der Waals surface area contributed by atoms with E-state index in [4.69, 9.17) is 4.84 Å². The molecule has 0 aromatic rings. The van der Waals surface area contributed by atoms with Crippen molar-refractivity contribution in [2.75, 3.05) is 14.1 Å². The highest BCUT2D eigenvalue weighted by Gasteiger charge is 2.06. The van der Waals surface area contributed by atoms with Gasteiger partial charge in [-0.2, -0.15) is 0 Å². The van der Waals surface area contributed by atoms with Crippen LogP contribution in [0.15, 0.2) is 11.6 Å². The van der Waals surface area contributed by atoms with E-state index in [1.807, 2.05) is 13.0 Å². The summed E-state index contributed by atoms with van der Waals surface area (Å²) in [5.41, 5.74) is 0.709. The van der Waals surface area contributed by atoms with Crippen LogP contribution in [0.25, 0.3) is 0 Å². The summed E-state index contributed by atoms with van der Waals surface area (Å²) in [6, 6.07) is 0. The Morgan fingerprint density at radius 1 is 0.864 bits per heavy atom. The van der Waals surface area contributed by atoms with Crippen molar-refractivity contribution in [1.82, 2.24) is 5.06 Å². The van der Waals surface area contributed by atoms with E-state index in [-0.39, 0.29) is 5.97 Å². The molecule has 130 valence electrons. The molecule has 0 N–H and O–H groups in total. The highest BCUT2D eigenvalue weighted by Crippen LogP contribution is 2.12. The van der Waals surface area contributed by atoms with Gasteiger partial charge in [-0.25, -0.2) is 4.79 Å². The molecule has 0 aromatic heterocycles. The van der Waals surface area contributed by atoms with Gasteiger partial charge in [0.05, 0.1) is 0 Å². The number of unbranched alkanes of at least 4 members (excludes halogenated alkanes) is 11. The molecule has 0 aliphatic carbocycles. The number of nitrogens with zero attached hydrogens (tertiary/aromatic N) is 1. The predicted molar refractivity (Wildman–Crippen MR) is 94.6 cm³/mol. The average Bonchev–Trinajstić information content (AvgIpc) is 2.47. The minimum Gasteiger partial charge on any atom is -0.365 e. The Morgan fingerprint density at radius 2 is 1.32 bits per heavy atom. The van der Waals surface area contributed by atoms with Gasteiger partial charge in [-0.15, -0.1) is 5.06 Å². The summed E-state index contributed by atoms with van der Waals surface area (Å²) in [6.45, 7) is 4.09. The predicted octanol–water partition coefficient (Wildman–Crippen LogP) is 5.65. The van der Waals surface area contributed by atoms with Crippen molar-refractivity contribution in [2.24, 2.45) is 0 Å². The van der Waals surface area contributed by atoms with Crippen LogP contribution in [-0.2, 0) is 9.63 Å². The summed E-state index contributed by atoms with van der Waals surface area (Å²) in [7, 11) is 3.43. The van der Waals surface area contributed by atoms with Crippen molar-refractivity contribution in [2.45, 2.75) is 90.9 Å². The van der Waals surface area contributed by atoms with Crippen LogP contribution in [0, 0.1) is 0 Å². The fourth-order valence-electron chi connectivity index (χ4n) is 2.45. The lowest BCUT2D eigenvalue weighted by atomic mass is 10.0. The van der Waals surface area contributed by atoms with Crippen LogP contribution in [0.4, 0.5) is 0 Å². The number of hydroxylamine groups is 2. The molecule has 0 aliphatic rings. The van der Waals surface area contributed by atoms with E-state index in [1.165, 1.54) is 75.7 Å². The Hall–Kier alpha value is -0.830. The Kier molecular flexibility index (Phi) is 14.5. The monoisotopic (exact) mass is 311 g/mol. The van der Waals surface area contributed by atoms with E-state index < -0.39 is 0 Å². The van der Waals surface area contributed by atoms with Gasteiger partial charge in [0, 0.05) is 19.7 Å². The summed E-state index contributed by atoms with van der Waals surface area (Å²) in [5.74, 6) is -0.243. The summed E-state index contributed by atoms with van der Waals surface area (Å²) >= 11 is 0. The Bertz CT molecular complexity index is 298. The van der Waals surface area contributed by atoms with Crippen LogP contribution < -0.4 is 0 Å². The highest BCUT2D eigenvalue weighted by atomic mass is 16.7. The molecule has 0 fully saturated rings. The first-order valence-electron chi connectivity index (χ1n) is 9.14. The van der Waals surface area contributed by atoms with Gasteiger partial charge < -0.3 is 4.84 Å². The molecule has 0 heterocycles. The van der Waals surface area contributed by atoms with Gasteiger partial charge in [0.25, 0.3) is 0 Å². The summed E-state index contributed by atoms with van der Waals surface area (Å²) in [6.07, 6.45) is 17.9. The van der Waals surface area contributed by atoms with Crippen LogP contribution in [0.5, 0.6) is 0 Å². The Labute approximate surface area is 138 Å². The fourth-order valence-corrected chi connectivity index (χ4v) is 2.45. The molecule has 0 aromatic carbocycles. The minimum absolute atomic E-state index is 0.243. The summed E-state index contributed by atoms with van der Waals surface area (Å²) < 4.78 is 0. The normalized spacial score (nSPS) is 12.0. The number of hydrogen-bond acceptors (Lipinski definition) is 3. The van der Waals surface area contributed by atoms with Gasteiger partial charge in [0.1, 0.15) is 0 Å². The molecular weight excluding hydrogens is 274 g/mol. The maximum Gasteiger partial charge on any atom is 0.352 e. The maximum absolute atomic E-state index is 11.6. The maximum atomic E-state index is 11.6. The Balaban J connectivity index is 3.37. The minimum atomic E-state index is -0.243. The van der Waals surface area contributed by atoms with Crippen LogP contribution in [-0.4, -0.2) is 25.1 Å². The van der Waals surface area contributed by atoms with Gasteiger partial charge in [-0.1, -0.05) is 77.2 Å². The molecule has 3 heteroatoms. The fraction of sp³-hybridized carbons (Fsp3) is 0.842. The topological polar surface area (TPSA) is 29.5 Å². The van der Waals surface area contributed by atoms with E-state index in [0.717, 1.165) is 6.42 Å². The third-order valence-corrected chi connectivity index (χ3v) is 3.85. The SMILES string of the molecule is CCCCCCCCCCCCCC=C(C)C(=O)ON(C)C. The van der Waals surface area contributed by atoms with E-state index >= 15 is 0 Å². The number of carbonyl (C=O) groups excluding carboxylic acids is 1. The molecule has 22 heavy (non-hydrogen) atoms. The molecule has 0 rings (SSSR count). The lowest BCUT2D eigenvalue weighted by Crippen LogP contribution is -2.19. The summed E-state index contributed by atoms with van der Waals surface area (Å²) in [4.78, 5) is 16.5. The van der Waals surface area contributed by atoms with Crippen LogP contribution in [0.3, 0.4) is 0 Å². The van der Waals surface area contributed by atoms with Crippen molar-refractivity contribution in [3.63, 3.8) is 0 Å². The van der Waals surface area contributed by atoms with Crippen molar-refractivity contribution in [3.05, 3.63) is 11.6 Å². The highest BCUT2D eigenvalue weighted by molar-refractivity contribution is 5.87. The second-order valence-corrected chi connectivity index (χ2v) is 6.40. The average molecular weight is 312 g/mol. The van der Waals surface area contributed by atoms with E-state index in [0.29, 0.717) is 5.57 Å². The zero-order chi connectivity index (χ0) is 16.6. The number of carbonyl (C=O) groups is 1. The molecule has 0 atom stereocenters. The quantitative estimate of drug-likeness (QED) is 0.236. The lowest BCUT2D eigenvalue weighted by Gasteiger charge is -2.09. The van der Waals surface area contributed by atoms with Crippen LogP contribution in [0.2, 0.25) is 0 Å². The van der Waals surface area contributed by atoms with Gasteiger partial charge in [0.2, 0.25) is 0 Å². The first-order valence-corrected chi connectivity index (χ1v) is 9.14. The molecule has 0 aliphatic heterocycles. The largest absolute Gasteiger partial charge is 0.365 e. The number of hydrogen-bond donors (Lipinski definition) is 0. The molecule has 0 unspecified atom stereocenters. The van der Waals surface area contributed by atoms with Crippen molar-refractivity contribution >= 4 is 5.97 Å². The molecule has 3 nitrogen and oxygen atoms in total. The van der Waals surface area contributed by atoms with E-state index in [2.05, 4.69) is 6.92 Å². The molecular formula is C19H37NO2. The number of allylic oxidation sites excluding steroid dienone is 1. The second kappa shape index (κ2) is 15.1. The molecule has 0 saturated carbocycles. The van der Waals surface area contributed by atoms with Crippen LogP contribution >= 0.6 is 0 Å². The smallest absolute Gasteiger partial charge is 0.352 e. The third-order valence-electron chi connectivity index (χ3n) is 3.85.